The van der Waals surface area contributed by atoms with E-state index in [0.717, 1.165) is 0 Å². The minimum Gasteiger partial charge on any atom is -0.506 e. The molecule has 0 aliphatic carbocycles. The van der Waals surface area contributed by atoms with Gasteiger partial charge in [0.2, 0.25) is 0 Å². The average molecular weight is 173 g/mol. The van der Waals surface area contributed by atoms with Gasteiger partial charge in [-0.1, -0.05) is 6.07 Å². The molecule has 0 spiro atoms. The minimum atomic E-state index is 0.147. The van der Waals surface area contributed by atoms with Crippen LogP contribution in [-0.4, -0.2) is 14.9 Å². The molecule has 4 heteroatoms. The number of hydrogen-bond donors (Lipinski definition) is 1. The molecule has 13 heavy (non-hydrogen) atoms. The summed E-state index contributed by atoms with van der Waals surface area (Å²) in [6.45, 7) is 0. The number of phenolic OH excluding ortho intramolecular Hbond substituents is 1. The fourth-order valence-corrected chi connectivity index (χ4v) is 1.40. The van der Waals surface area contributed by atoms with E-state index in [-0.39, 0.29) is 5.75 Å². The van der Waals surface area contributed by atoms with E-state index in [9.17, 15) is 5.11 Å². The van der Waals surface area contributed by atoms with Crippen molar-refractivity contribution in [2.75, 3.05) is 0 Å². The van der Waals surface area contributed by atoms with Crippen LogP contribution in [0.25, 0.3) is 10.9 Å². The summed E-state index contributed by atoms with van der Waals surface area (Å²) in [6.07, 6.45) is 0. The molecule has 0 amide bonds. The van der Waals surface area contributed by atoms with Crippen molar-refractivity contribution in [1.29, 1.82) is 5.26 Å². The van der Waals surface area contributed by atoms with Gasteiger partial charge in [-0.2, -0.15) is 10.4 Å². The molecule has 1 heterocycles. The van der Waals surface area contributed by atoms with Crippen molar-refractivity contribution in [3.8, 4) is 11.8 Å². The average Bonchev–Trinajstić information content (AvgIpc) is 2.44. The van der Waals surface area contributed by atoms with E-state index in [4.69, 9.17) is 5.26 Å². The molecule has 1 aromatic carbocycles. The molecule has 0 bridgehead atoms. The smallest absolute Gasteiger partial charge is 0.170 e. The van der Waals surface area contributed by atoms with Gasteiger partial charge in [0.15, 0.2) is 5.69 Å². The number of fused-ring (bicyclic) bond motifs is 1. The van der Waals surface area contributed by atoms with Gasteiger partial charge >= 0.3 is 0 Å². The van der Waals surface area contributed by atoms with Gasteiger partial charge in [-0.3, -0.25) is 4.68 Å². The molecule has 64 valence electrons. The van der Waals surface area contributed by atoms with Crippen LogP contribution < -0.4 is 0 Å². The molecule has 0 atom stereocenters. The number of nitriles is 1. The quantitative estimate of drug-likeness (QED) is 0.650. The molecule has 0 saturated heterocycles. The summed E-state index contributed by atoms with van der Waals surface area (Å²) in [5.74, 6) is 0.147. The first-order valence-electron chi connectivity index (χ1n) is 3.79. The van der Waals surface area contributed by atoms with Gasteiger partial charge in [0, 0.05) is 12.4 Å². The summed E-state index contributed by atoms with van der Waals surface area (Å²) in [5.41, 5.74) is 0.937. The number of phenols is 1. The summed E-state index contributed by atoms with van der Waals surface area (Å²) >= 11 is 0. The molecular weight excluding hydrogens is 166 g/mol. The predicted octanol–water partition coefficient (Wildman–Crippen LogP) is 1.15. The Morgan fingerprint density at radius 2 is 2.31 bits per heavy atom. The molecule has 0 aliphatic heterocycles. The number of aromatic hydroxyl groups is 1. The maximum atomic E-state index is 9.49. The third-order valence-electron chi connectivity index (χ3n) is 1.95. The molecule has 4 nitrogen and oxygen atoms in total. The highest BCUT2D eigenvalue weighted by molar-refractivity contribution is 5.88. The lowest BCUT2D eigenvalue weighted by molar-refractivity contribution is 0.478. The van der Waals surface area contributed by atoms with E-state index < -0.39 is 0 Å². The maximum Gasteiger partial charge on any atom is 0.170 e. The van der Waals surface area contributed by atoms with Crippen LogP contribution >= 0.6 is 0 Å². The molecule has 1 aromatic heterocycles. The van der Waals surface area contributed by atoms with E-state index in [1.54, 1.807) is 25.2 Å². The lowest BCUT2D eigenvalue weighted by Gasteiger charge is -1.95. The van der Waals surface area contributed by atoms with Crippen LogP contribution in [0.3, 0.4) is 0 Å². The fraction of sp³-hybridized carbons (Fsp3) is 0.111. The zero-order valence-electron chi connectivity index (χ0n) is 7.02. The molecule has 0 unspecified atom stereocenters. The fourth-order valence-electron chi connectivity index (χ4n) is 1.40. The molecule has 2 rings (SSSR count). The molecule has 0 radical (unpaired) electrons. The van der Waals surface area contributed by atoms with Crippen LogP contribution in [0.1, 0.15) is 5.69 Å². The molecule has 1 N–H and O–H groups in total. The van der Waals surface area contributed by atoms with E-state index in [1.165, 1.54) is 4.68 Å². The SMILES string of the molecule is Cn1nc(C#N)c2cccc(O)c21. The van der Waals surface area contributed by atoms with Crippen molar-refractivity contribution >= 4 is 10.9 Å². The Bertz CT molecular complexity index is 507. The third kappa shape index (κ3) is 0.942. The number of benzene rings is 1. The number of rotatable bonds is 0. The summed E-state index contributed by atoms with van der Waals surface area (Å²) in [5, 5.41) is 22.9. The summed E-state index contributed by atoms with van der Waals surface area (Å²) in [6, 6.07) is 7.01. The van der Waals surface area contributed by atoms with E-state index in [0.29, 0.717) is 16.6 Å². The second-order valence-corrected chi connectivity index (χ2v) is 2.76. The number of para-hydroxylation sites is 1. The van der Waals surface area contributed by atoms with Crippen molar-refractivity contribution < 1.29 is 5.11 Å². The topological polar surface area (TPSA) is 61.8 Å². The van der Waals surface area contributed by atoms with E-state index in [2.05, 4.69) is 5.10 Å². The van der Waals surface area contributed by atoms with Crippen LogP contribution in [-0.2, 0) is 7.05 Å². The van der Waals surface area contributed by atoms with Crippen molar-refractivity contribution in [3.63, 3.8) is 0 Å². The van der Waals surface area contributed by atoms with Gasteiger partial charge in [0.25, 0.3) is 0 Å². The summed E-state index contributed by atoms with van der Waals surface area (Å²) < 4.78 is 1.50. The van der Waals surface area contributed by atoms with E-state index in [1.807, 2.05) is 6.07 Å². The van der Waals surface area contributed by atoms with Gasteiger partial charge in [-0.25, -0.2) is 0 Å². The van der Waals surface area contributed by atoms with Crippen LogP contribution in [0.2, 0.25) is 0 Å². The highest BCUT2D eigenvalue weighted by Crippen LogP contribution is 2.25. The monoisotopic (exact) mass is 173 g/mol. The van der Waals surface area contributed by atoms with Crippen molar-refractivity contribution in [2.45, 2.75) is 0 Å². The van der Waals surface area contributed by atoms with Crippen LogP contribution in [0.4, 0.5) is 0 Å². The highest BCUT2D eigenvalue weighted by Gasteiger charge is 2.09. The second-order valence-electron chi connectivity index (χ2n) is 2.76. The Kier molecular flexibility index (Phi) is 1.46. The van der Waals surface area contributed by atoms with E-state index >= 15 is 0 Å². The van der Waals surface area contributed by atoms with Crippen molar-refractivity contribution in [3.05, 3.63) is 23.9 Å². The summed E-state index contributed by atoms with van der Waals surface area (Å²) in [4.78, 5) is 0. The van der Waals surface area contributed by atoms with Crippen LogP contribution in [0, 0.1) is 11.3 Å². The minimum absolute atomic E-state index is 0.147. The number of aromatic nitrogens is 2. The first-order valence-corrected chi connectivity index (χ1v) is 3.79. The maximum absolute atomic E-state index is 9.49. The van der Waals surface area contributed by atoms with Crippen molar-refractivity contribution in [2.24, 2.45) is 7.05 Å². The largest absolute Gasteiger partial charge is 0.506 e. The predicted molar refractivity (Wildman–Crippen MR) is 47.1 cm³/mol. The lowest BCUT2D eigenvalue weighted by atomic mass is 10.2. The Morgan fingerprint density at radius 1 is 1.54 bits per heavy atom. The van der Waals surface area contributed by atoms with Gasteiger partial charge in [0.05, 0.1) is 0 Å². The molecule has 0 fully saturated rings. The molecule has 0 saturated carbocycles. The molecular formula is C9H7N3O. The Labute approximate surface area is 74.6 Å². The summed E-state index contributed by atoms with van der Waals surface area (Å²) in [7, 11) is 1.70. The van der Waals surface area contributed by atoms with Crippen LogP contribution in [0.5, 0.6) is 5.75 Å². The Hall–Kier alpha value is -2.02. The number of aryl methyl sites for hydroxylation is 1. The Balaban J connectivity index is 2.98. The Morgan fingerprint density at radius 3 is 3.00 bits per heavy atom. The highest BCUT2D eigenvalue weighted by atomic mass is 16.3. The van der Waals surface area contributed by atoms with Crippen molar-refractivity contribution in [1.82, 2.24) is 9.78 Å². The first kappa shape index (κ1) is 7.62. The van der Waals surface area contributed by atoms with Gasteiger partial charge in [0.1, 0.15) is 17.3 Å². The molecule has 0 aliphatic rings. The second kappa shape index (κ2) is 2.49. The number of nitrogens with zero attached hydrogens (tertiary/aromatic N) is 3. The van der Waals surface area contributed by atoms with Gasteiger partial charge in [-0.15, -0.1) is 0 Å². The number of hydrogen-bond acceptors (Lipinski definition) is 3. The normalized spacial score (nSPS) is 10.2. The molecule has 2 aromatic rings. The standard InChI is InChI=1S/C9H7N3O/c1-12-9-6(7(5-10)11-12)3-2-4-8(9)13/h2-4,13H,1H3. The third-order valence-corrected chi connectivity index (χ3v) is 1.95. The zero-order valence-corrected chi connectivity index (χ0v) is 7.02. The van der Waals surface area contributed by atoms with Gasteiger partial charge in [-0.05, 0) is 12.1 Å². The van der Waals surface area contributed by atoms with Gasteiger partial charge < -0.3 is 5.11 Å². The first-order chi connectivity index (χ1) is 6.24. The van der Waals surface area contributed by atoms with Crippen LogP contribution in [0.15, 0.2) is 18.2 Å². The lowest BCUT2D eigenvalue weighted by Crippen LogP contribution is -1.89. The zero-order chi connectivity index (χ0) is 9.42.